The lowest BCUT2D eigenvalue weighted by Gasteiger charge is -2.30. The number of thiophene rings is 1. The number of ether oxygens (including phenoxy) is 1. The lowest BCUT2D eigenvalue weighted by Crippen LogP contribution is -3.27. The van der Waals surface area contributed by atoms with Crippen molar-refractivity contribution in [3.63, 3.8) is 0 Å². The Morgan fingerprint density at radius 2 is 1.73 bits per heavy atom. The molecule has 1 aromatic heterocycles. The summed E-state index contributed by atoms with van der Waals surface area (Å²) in [5, 5.41) is 17.1. The predicted molar refractivity (Wildman–Crippen MR) is 105 cm³/mol. The molecule has 3 N–H and O–H groups in total. The van der Waals surface area contributed by atoms with Gasteiger partial charge >= 0.3 is 0 Å². The summed E-state index contributed by atoms with van der Waals surface area (Å²) < 4.78 is 5.38. The summed E-state index contributed by atoms with van der Waals surface area (Å²) in [6, 6.07) is 12.1. The largest absolute Gasteiger partial charge is 0.507 e. The normalized spacial score (nSPS) is 20.3. The van der Waals surface area contributed by atoms with Crippen LogP contribution in [0.3, 0.4) is 0 Å². The van der Waals surface area contributed by atoms with E-state index < -0.39 is 0 Å². The van der Waals surface area contributed by atoms with Crippen LogP contribution in [0.25, 0.3) is 10.8 Å². The summed E-state index contributed by atoms with van der Waals surface area (Å²) in [4.78, 5) is 3.21. The monoisotopic (exact) mass is 370 g/mol. The van der Waals surface area contributed by atoms with Crippen LogP contribution in [0.15, 0.2) is 47.2 Å². The number of nitrogens with one attached hydrogen (secondary N) is 2. The number of piperazine rings is 1. The molecule has 1 aliphatic heterocycles. The second-order valence-corrected chi connectivity index (χ2v) is 7.92. The van der Waals surface area contributed by atoms with Crippen LogP contribution in [0.1, 0.15) is 11.1 Å². The number of fused-ring (bicyclic) bond motifs is 1. The summed E-state index contributed by atoms with van der Waals surface area (Å²) in [7, 11) is 1.68. The fourth-order valence-corrected chi connectivity index (χ4v) is 4.57. The summed E-state index contributed by atoms with van der Waals surface area (Å²) in [5.41, 5.74) is 2.49. The summed E-state index contributed by atoms with van der Waals surface area (Å²) in [5.74, 6) is 1.23. The standard InChI is InChI=1S/C21H24N2O2S/c1-25-18-4-2-17-3-5-21(24)20(19(17)12-18)14-23-9-7-22(8-10-23)13-16-6-11-26-15-16/h2-6,11-12,15,24H,7-10,13-14H2,1H3/p+2. The molecule has 1 saturated heterocycles. The number of phenolic OH excluding ortho intramolecular Hbond substituents is 1. The molecule has 0 amide bonds. The van der Waals surface area contributed by atoms with Crippen molar-refractivity contribution in [3.05, 3.63) is 58.3 Å². The molecule has 3 aromatic rings. The SMILES string of the molecule is COc1ccc2ccc(O)c(C[NH+]3CC[NH+](Cc4ccsc4)CC3)c2c1. The van der Waals surface area contributed by atoms with Gasteiger partial charge in [-0.15, -0.1) is 0 Å². The molecule has 0 aliphatic carbocycles. The van der Waals surface area contributed by atoms with Crippen molar-refractivity contribution in [2.75, 3.05) is 33.3 Å². The van der Waals surface area contributed by atoms with Crippen LogP contribution in [-0.2, 0) is 13.1 Å². The minimum atomic E-state index is 0.395. The van der Waals surface area contributed by atoms with Crippen LogP contribution in [0.4, 0.5) is 0 Å². The first-order valence-corrected chi connectivity index (χ1v) is 10.1. The maximum absolute atomic E-state index is 10.5. The zero-order valence-electron chi connectivity index (χ0n) is 15.1. The molecule has 0 atom stereocenters. The second-order valence-electron chi connectivity index (χ2n) is 7.14. The van der Waals surface area contributed by atoms with Gasteiger partial charge in [0.05, 0.1) is 12.7 Å². The van der Waals surface area contributed by atoms with E-state index in [0.29, 0.717) is 5.75 Å². The molecule has 2 heterocycles. The lowest BCUT2D eigenvalue weighted by atomic mass is 10.0. The van der Waals surface area contributed by atoms with Gasteiger partial charge in [-0.2, -0.15) is 11.3 Å². The first kappa shape index (κ1) is 17.3. The fourth-order valence-electron chi connectivity index (χ4n) is 3.90. The Morgan fingerprint density at radius 1 is 1.00 bits per heavy atom. The van der Waals surface area contributed by atoms with E-state index in [9.17, 15) is 5.11 Å². The van der Waals surface area contributed by atoms with Gasteiger partial charge in [0.1, 0.15) is 50.8 Å². The van der Waals surface area contributed by atoms with E-state index in [1.165, 1.54) is 18.7 Å². The lowest BCUT2D eigenvalue weighted by molar-refractivity contribution is -1.02. The van der Waals surface area contributed by atoms with E-state index in [1.54, 1.807) is 28.2 Å². The highest BCUT2D eigenvalue weighted by atomic mass is 32.1. The van der Waals surface area contributed by atoms with Crippen LogP contribution >= 0.6 is 11.3 Å². The third kappa shape index (κ3) is 3.70. The smallest absolute Gasteiger partial charge is 0.127 e. The van der Waals surface area contributed by atoms with Crippen molar-refractivity contribution in [1.82, 2.24) is 0 Å². The minimum absolute atomic E-state index is 0.395. The molecule has 4 nitrogen and oxygen atoms in total. The first-order chi connectivity index (χ1) is 12.7. The molecule has 1 fully saturated rings. The van der Waals surface area contributed by atoms with E-state index in [2.05, 4.69) is 22.9 Å². The molecule has 1 aliphatic rings. The fraction of sp³-hybridized carbons (Fsp3) is 0.333. The Morgan fingerprint density at radius 3 is 2.42 bits per heavy atom. The van der Waals surface area contributed by atoms with Gasteiger partial charge < -0.3 is 19.6 Å². The first-order valence-electron chi connectivity index (χ1n) is 9.20. The van der Waals surface area contributed by atoms with Crippen molar-refractivity contribution in [2.24, 2.45) is 0 Å². The Kier molecular flexibility index (Phi) is 5.11. The second kappa shape index (κ2) is 7.66. The predicted octanol–water partition coefficient (Wildman–Crippen LogP) is 1.10. The number of phenols is 1. The van der Waals surface area contributed by atoms with Crippen LogP contribution in [0.2, 0.25) is 0 Å². The van der Waals surface area contributed by atoms with Gasteiger partial charge in [-0.1, -0.05) is 12.1 Å². The van der Waals surface area contributed by atoms with Crippen molar-refractivity contribution >= 4 is 22.1 Å². The molecule has 4 rings (SSSR count). The van der Waals surface area contributed by atoms with Gasteiger partial charge in [-0.25, -0.2) is 0 Å². The molecule has 2 aromatic carbocycles. The summed E-state index contributed by atoms with van der Waals surface area (Å²) in [6.45, 7) is 6.63. The molecule has 0 saturated carbocycles. The van der Waals surface area contributed by atoms with Crippen molar-refractivity contribution in [2.45, 2.75) is 13.1 Å². The van der Waals surface area contributed by atoms with Gasteiger partial charge in [0.25, 0.3) is 0 Å². The zero-order valence-corrected chi connectivity index (χ0v) is 15.9. The highest BCUT2D eigenvalue weighted by Gasteiger charge is 2.24. The maximum atomic E-state index is 10.5. The molecule has 0 radical (unpaired) electrons. The Hall–Kier alpha value is -2.08. The van der Waals surface area contributed by atoms with Crippen LogP contribution in [0.5, 0.6) is 11.5 Å². The van der Waals surface area contributed by atoms with E-state index >= 15 is 0 Å². The molecular formula is C21H26N2O2S+2. The quantitative estimate of drug-likeness (QED) is 0.629. The van der Waals surface area contributed by atoms with E-state index in [4.69, 9.17) is 4.74 Å². The number of benzene rings is 2. The van der Waals surface area contributed by atoms with Gasteiger partial charge in [0, 0.05) is 5.56 Å². The van der Waals surface area contributed by atoms with E-state index in [1.807, 2.05) is 24.3 Å². The highest BCUT2D eigenvalue weighted by molar-refractivity contribution is 7.07. The third-order valence-corrected chi connectivity index (χ3v) is 6.17. The zero-order chi connectivity index (χ0) is 17.9. The van der Waals surface area contributed by atoms with Crippen LogP contribution in [0, 0.1) is 0 Å². The molecule has 0 unspecified atom stereocenters. The molecule has 136 valence electrons. The van der Waals surface area contributed by atoms with Crippen LogP contribution < -0.4 is 14.5 Å². The Bertz CT molecular complexity index is 871. The van der Waals surface area contributed by atoms with Crippen molar-refractivity contribution in [3.8, 4) is 11.5 Å². The number of rotatable bonds is 5. The van der Waals surface area contributed by atoms with Gasteiger partial charge in [-0.3, -0.25) is 0 Å². The number of methoxy groups -OCH3 is 1. The highest BCUT2D eigenvalue weighted by Crippen LogP contribution is 2.29. The molecule has 0 bridgehead atoms. The average molecular weight is 371 g/mol. The van der Waals surface area contributed by atoms with E-state index in [0.717, 1.165) is 48.3 Å². The topological polar surface area (TPSA) is 38.3 Å². The van der Waals surface area contributed by atoms with Gasteiger partial charge in [-0.05, 0) is 45.8 Å². The van der Waals surface area contributed by atoms with Gasteiger partial charge in [0.15, 0.2) is 0 Å². The summed E-state index contributed by atoms with van der Waals surface area (Å²) >= 11 is 1.78. The third-order valence-electron chi connectivity index (χ3n) is 5.44. The summed E-state index contributed by atoms with van der Waals surface area (Å²) in [6.07, 6.45) is 0. The molecule has 26 heavy (non-hydrogen) atoms. The van der Waals surface area contributed by atoms with Gasteiger partial charge in [0.2, 0.25) is 0 Å². The maximum Gasteiger partial charge on any atom is 0.127 e. The average Bonchev–Trinajstić information content (AvgIpc) is 3.18. The van der Waals surface area contributed by atoms with Crippen molar-refractivity contribution in [1.29, 1.82) is 0 Å². The number of hydrogen-bond acceptors (Lipinski definition) is 3. The molecular weight excluding hydrogens is 344 g/mol. The van der Waals surface area contributed by atoms with E-state index in [-0.39, 0.29) is 0 Å². The number of quaternary nitrogens is 2. The Balaban J connectivity index is 1.47. The van der Waals surface area contributed by atoms with Crippen LogP contribution in [-0.4, -0.2) is 38.4 Å². The molecule has 5 heteroatoms. The molecule has 0 spiro atoms. The Labute approximate surface area is 158 Å². The number of aromatic hydroxyl groups is 1. The minimum Gasteiger partial charge on any atom is -0.507 e. The van der Waals surface area contributed by atoms with Crippen molar-refractivity contribution < 1.29 is 19.6 Å². The number of hydrogen-bond donors (Lipinski definition) is 3.